The van der Waals surface area contributed by atoms with E-state index in [1.54, 1.807) is 39.0 Å². The van der Waals surface area contributed by atoms with Gasteiger partial charge in [0.1, 0.15) is 23.7 Å². The standard InChI is InChI=1S/C32H39ClFN7O5/c1-18-15-40(16-19(2)27(18)34)29-21(14-35)12-23(33)28(39-29)38-22-7-8-24-20(11-22)13-25(45-17-26(42)36-6)30(43)41(24)10-9-37-31(44)46-32(3,4)5/h7-8,11-13,18-19,27H,9-10,15-17H2,1-6H3,(H,36,42)(H,37,44)(H,38,39)/t18-,19+,27?. The lowest BCUT2D eigenvalue weighted by atomic mass is 9.89. The fraction of sp³-hybridized carbons (Fsp3) is 0.469. The van der Waals surface area contributed by atoms with Crippen molar-refractivity contribution in [3.05, 3.63) is 51.3 Å². The number of rotatable bonds is 9. The first-order valence-corrected chi connectivity index (χ1v) is 15.3. The maximum Gasteiger partial charge on any atom is 0.407 e. The Bertz CT molecular complexity index is 1710. The number of alkyl carbamates (subject to hydrolysis) is 1. The van der Waals surface area contributed by atoms with Gasteiger partial charge >= 0.3 is 6.09 Å². The van der Waals surface area contributed by atoms with Crippen LogP contribution in [0.4, 0.5) is 26.5 Å². The second-order valence-electron chi connectivity index (χ2n) is 12.4. The SMILES string of the molecule is CNC(=O)COc1cc2cc(Nc3nc(N4C[C@@H](C)C(F)[C@@H](C)C4)c(C#N)cc3Cl)ccc2n(CCNC(=O)OC(C)(C)C)c1=O. The third-order valence-corrected chi connectivity index (χ3v) is 7.73. The highest BCUT2D eigenvalue weighted by atomic mass is 35.5. The van der Waals surface area contributed by atoms with E-state index in [0.717, 1.165) is 0 Å². The predicted octanol–water partition coefficient (Wildman–Crippen LogP) is 4.74. The molecule has 246 valence electrons. The molecule has 12 nitrogen and oxygen atoms in total. The summed E-state index contributed by atoms with van der Waals surface area (Å²) < 4.78 is 26.8. The number of aromatic nitrogens is 2. The molecule has 1 unspecified atom stereocenters. The van der Waals surface area contributed by atoms with Crippen LogP contribution in [0.2, 0.25) is 5.02 Å². The molecule has 14 heteroatoms. The third kappa shape index (κ3) is 8.17. The molecule has 1 aromatic carbocycles. The molecule has 3 aromatic rings. The Kier molecular flexibility index (Phi) is 10.6. The molecule has 4 rings (SSSR count). The predicted molar refractivity (Wildman–Crippen MR) is 175 cm³/mol. The summed E-state index contributed by atoms with van der Waals surface area (Å²) in [6.07, 6.45) is -1.56. The van der Waals surface area contributed by atoms with E-state index in [4.69, 9.17) is 21.1 Å². The van der Waals surface area contributed by atoms with Gasteiger partial charge in [-0.3, -0.25) is 9.59 Å². The minimum atomic E-state index is -0.944. The second-order valence-corrected chi connectivity index (χ2v) is 12.8. The van der Waals surface area contributed by atoms with Crippen molar-refractivity contribution in [3.63, 3.8) is 0 Å². The largest absolute Gasteiger partial charge is 0.478 e. The number of nitrogens with zero attached hydrogens (tertiary/aromatic N) is 4. The zero-order chi connectivity index (χ0) is 33.8. The maximum absolute atomic E-state index is 14.5. The maximum atomic E-state index is 14.5. The Morgan fingerprint density at radius 1 is 1.17 bits per heavy atom. The summed E-state index contributed by atoms with van der Waals surface area (Å²) in [5.74, 6) is -0.227. The van der Waals surface area contributed by atoms with Crippen molar-refractivity contribution in [2.24, 2.45) is 11.8 Å². The molecule has 0 saturated carbocycles. The first kappa shape index (κ1) is 34.3. The van der Waals surface area contributed by atoms with Crippen LogP contribution in [0, 0.1) is 23.2 Å². The van der Waals surface area contributed by atoms with Crippen LogP contribution < -0.4 is 31.1 Å². The number of likely N-dealkylation sites (N-methyl/N-ethyl adjacent to an activating group) is 1. The zero-order valence-corrected chi connectivity index (χ0v) is 27.5. The molecule has 0 bridgehead atoms. The van der Waals surface area contributed by atoms with Gasteiger partial charge < -0.3 is 34.9 Å². The monoisotopic (exact) mass is 655 g/mol. The normalized spacial score (nSPS) is 18.1. The van der Waals surface area contributed by atoms with Gasteiger partial charge in [-0.15, -0.1) is 0 Å². The van der Waals surface area contributed by atoms with Gasteiger partial charge in [0.15, 0.2) is 18.2 Å². The number of pyridine rings is 2. The van der Waals surface area contributed by atoms with Crippen LogP contribution in [0.3, 0.4) is 0 Å². The van der Waals surface area contributed by atoms with Crippen molar-refractivity contribution in [1.82, 2.24) is 20.2 Å². The smallest absolute Gasteiger partial charge is 0.407 e. The minimum Gasteiger partial charge on any atom is -0.478 e. The molecule has 1 aliphatic rings. The molecule has 46 heavy (non-hydrogen) atoms. The molecule has 3 N–H and O–H groups in total. The van der Waals surface area contributed by atoms with Crippen LogP contribution >= 0.6 is 11.6 Å². The zero-order valence-electron chi connectivity index (χ0n) is 26.7. The number of amides is 2. The lowest BCUT2D eigenvalue weighted by Crippen LogP contribution is -2.46. The fourth-order valence-corrected chi connectivity index (χ4v) is 5.49. The lowest BCUT2D eigenvalue weighted by Gasteiger charge is -2.38. The highest BCUT2D eigenvalue weighted by Gasteiger charge is 2.33. The van der Waals surface area contributed by atoms with Crippen LogP contribution in [0.25, 0.3) is 10.9 Å². The summed E-state index contributed by atoms with van der Waals surface area (Å²) in [6, 6.07) is 10.4. The summed E-state index contributed by atoms with van der Waals surface area (Å²) in [5, 5.41) is 18.9. The summed E-state index contributed by atoms with van der Waals surface area (Å²) in [5.41, 5.74) is 0.236. The van der Waals surface area contributed by atoms with E-state index >= 15 is 0 Å². The number of piperidine rings is 1. The molecular formula is C32H39ClFN7O5. The second kappa shape index (κ2) is 14.2. The molecule has 0 spiro atoms. The first-order valence-electron chi connectivity index (χ1n) is 14.9. The Morgan fingerprint density at radius 3 is 2.50 bits per heavy atom. The van der Waals surface area contributed by atoms with Gasteiger partial charge in [0.2, 0.25) is 0 Å². The molecule has 0 aliphatic carbocycles. The number of carbonyl (C=O) groups excluding carboxylic acids is 2. The van der Waals surface area contributed by atoms with E-state index in [1.165, 1.54) is 23.7 Å². The number of anilines is 3. The van der Waals surface area contributed by atoms with E-state index in [0.29, 0.717) is 41.3 Å². The highest BCUT2D eigenvalue weighted by Crippen LogP contribution is 2.34. The number of hydrogen-bond donors (Lipinski definition) is 3. The number of benzene rings is 1. The van der Waals surface area contributed by atoms with Gasteiger partial charge in [-0.05, 0) is 51.1 Å². The molecule has 2 amide bonds. The van der Waals surface area contributed by atoms with Crippen molar-refractivity contribution in [3.8, 4) is 11.8 Å². The van der Waals surface area contributed by atoms with Gasteiger partial charge in [0, 0.05) is 56.1 Å². The van der Waals surface area contributed by atoms with E-state index < -0.39 is 29.3 Å². The van der Waals surface area contributed by atoms with Gasteiger partial charge in [-0.1, -0.05) is 25.4 Å². The Hall–Kier alpha value is -4.57. The van der Waals surface area contributed by atoms with Crippen LogP contribution in [0.1, 0.15) is 40.2 Å². The Morgan fingerprint density at radius 2 is 1.87 bits per heavy atom. The van der Waals surface area contributed by atoms with Gasteiger partial charge in [-0.2, -0.15) is 5.26 Å². The number of hydrogen-bond acceptors (Lipinski definition) is 9. The van der Waals surface area contributed by atoms with E-state index in [2.05, 4.69) is 27.0 Å². The van der Waals surface area contributed by atoms with Gasteiger partial charge in [-0.25, -0.2) is 14.2 Å². The van der Waals surface area contributed by atoms with Crippen molar-refractivity contribution < 1.29 is 23.5 Å². The van der Waals surface area contributed by atoms with E-state index in [9.17, 15) is 24.0 Å². The number of nitrogens with one attached hydrogen (secondary N) is 3. The minimum absolute atomic E-state index is 0.0539. The highest BCUT2D eigenvalue weighted by molar-refractivity contribution is 6.33. The number of nitriles is 1. The van der Waals surface area contributed by atoms with Crippen LogP contribution in [0.5, 0.6) is 5.75 Å². The quantitative estimate of drug-likeness (QED) is 0.297. The molecule has 2 aromatic heterocycles. The van der Waals surface area contributed by atoms with Crippen molar-refractivity contribution >= 4 is 51.8 Å². The Balaban J connectivity index is 1.67. The molecule has 3 heterocycles. The van der Waals surface area contributed by atoms with Crippen LogP contribution in [-0.4, -0.2) is 66.6 Å². The van der Waals surface area contributed by atoms with Gasteiger partial charge in [0.25, 0.3) is 11.5 Å². The van der Waals surface area contributed by atoms with Crippen molar-refractivity contribution in [2.45, 2.75) is 52.9 Å². The van der Waals surface area contributed by atoms with Crippen molar-refractivity contribution in [2.75, 3.05) is 43.5 Å². The molecule has 3 atom stereocenters. The summed E-state index contributed by atoms with van der Waals surface area (Å²) in [7, 11) is 1.46. The number of fused-ring (bicyclic) bond motifs is 1. The van der Waals surface area contributed by atoms with E-state index in [1.807, 2.05) is 18.7 Å². The number of ether oxygens (including phenoxy) is 2. The third-order valence-electron chi connectivity index (χ3n) is 7.44. The number of alkyl halides is 1. The summed E-state index contributed by atoms with van der Waals surface area (Å²) in [6.45, 7) is 9.56. The number of carbonyl (C=O) groups is 2. The molecule has 1 saturated heterocycles. The van der Waals surface area contributed by atoms with E-state index in [-0.39, 0.29) is 47.9 Å². The molecule has 1 aliphatic heterocycles. The van der Waals surface area contributed by atoms with Crippen LogP contribution in [0.15, 0.2) is 35.1 Å². The molecule has 0 radical (unpaired) electrons. The average molecular weight is 656 g/mol. The Labute approximate surface area is 271 Å². The number of halogens is 2. The van der Waals surface area contributed by atoms with Crippen LogP contribution in [-0.2, 0) is 16.1 Å². The summed E-state index contributed by atoms with van der Waals surface area (Å²) >= 11 is 6.54. The lowest BCUT2D eigenvalue weighted by molar-refractivity contribution is -0.122. The van der Waals surface area contributed by atoms with Crippen molar-refractivity contribution in [1.29, 1.82) is 5.26 Å². The molecular weight excluding hydrogens is 617 g/mol. The fourth-order valence-electron chi connectivity index (χ4n) is 5.30. The first-order chi connectivity index (χ1) is 21.7. The summed E-state index contributed by atoms with van der Waals surface area (Å²) in [4.78, 5) is 44.0. The average Bonchev–Trinajstić information content (AvgIpc) is 2.99. The van der Waals surface area contributed by atoms with Gasteiger partial charge in [0.05, 0.1) is 16.1 Å². The topological polar surface area (TPSA) is 151 Å². The molecule has 1 fully saturated rings.